The Balaban J connectivity index is 1.48. The number of nitrogens with zero attached hydrogens (tertiary/aromatic N) is 1. The maximum atomic E-state index is 12.8. The Morgan fingerprint density at radius 3 is 2.13 bits per heavy atom. The number of amides is 2. The number of benzene rings is 3. The van der Waals surface area contributed by atoms with Crippen molar-refractivity contribution in [3.05, 3.63) is 95.1 Å². The fourth-order valence-electron chi connectivity index (χ4n) is 3.25. The molecule has 0 spiro atoms. The van der Waals surface area contributed by atoms with E-state index in [-0.39, 0.29) is 22.5 Å². The molecule has 0 N–H and O–H groups in total. The van der Waals surface area contributed by atoms with Crippen molar-refractivity contribution in [1.82, 2.24) is 0 Å². The van der Waals surface area contributed by atoms with E-state index < -0.39 is 24.4 Å². The Labute approximate surface area is 177 Å². The lowest BCUT2D eigenvalue weighted by atomic mass is 10.1. The summed E-state index contributed by atoms with van der Waals surface area (Å²) in [6.45, 7) is -0.453. The molecule has 1 aliphatic rings. The molecule has 1 aliphatic heterocycles. The minimum absolute atomic E-state index is 0.0809. The number of rotatable bonds is 6. The summed E-state index contributed by atoms with van der Waals surface area (Å²) in [5, 5.41) is 0. The summed E-state index contributed by atoms with van der Waals surface area (Å²) in [7, 11) is 1.52. The summed E-state index contributed by atoms with van der Waals surface area (Å²) in [5.41, 5.74) is 1.23. The largest absolute Gasteiger partial charge is 0.497 e. The van der Waals surface area contributed by atoms with Crippen molar-refractivity contribution >= 4 is 29.3 Å². The van der Waals surface area contributed by atoms with Crippen molar-refractivity contribution in [3.63, 3.8) is 0 Å². The molecular formula is C24H17NO6. The van der Waals surface area contributed by atoms with Crippen LogP contribution in [0.1, 0.15) is 41.4 Å². The van der Waals surface area contributed by atoms with E-state index in [9.17, 15) is 19.2 Å². The van der Waals surface area contributed by atoms with E-state index in [0.717, 1.165) is 4.90 Å². The number of carbonyl (C=O) groups excluding carboxylic acids is 4. The number of hydrogen-bond acceptors (Lipinski definition) is 6. The van der Waals surface area contributed by atoms with Crippen molar-refractivity contribution in [3.8, 4) is 5.75 Å². The lowest BCUT2D eigenvalue weighted by molar-refractivity contribution is 0.0474. The molecule has 1 heterocycles. The lowest BCUT2D eigenvalue weighted by Gasteiger charge is -2.13. The second-order valence-electron chi connectivity index (χ2n) is 6.77. The number of anilines is 1. The molecule has 0 bridgehead atoms. The maximum Gasteiger partial charge on any atom is 0.338 e. The lowest BCUT2D eigenvalue weighted by Crippen LogP contribution is -2.29. The van der Waals surface area contributed by atoms with E-state index in [1.807, 2.05) is 0 Å². The molecule has 0 unspecified atom stereocenters. The SMILES string of the molecule is COc1ccc(C(=O)COC(=O)c2ccc3c(c2)C(=O)N(c2ccccc2)C3=O)cc1. The van der Waals surface area contributed by atoms with Crippen LogP contribution >= 0.6 is 0 Å². The van der Waals surface area contributed by atoms with Gasteiger partial charge >= 0.3 is 5.97 Å². The zero-order valence-electron chi connectivity index (χ0n) is 16.5. The van der Waals surface area contributed by atoms with Gasteiger partial charge in [-0.15, -0.1) is 0 Å². The molecule has 7 heteroatoms. The summed E-state index contributed by atoms with van der Waals surface area (Å²) in [4.78, 5) is 51.1. The van der Waals surface area contributed by atoms with Crippen molar-refractivity contribution in [1.29, 1.82) is 0 Å². The first-order valence-corrected chi connectivity index (χ1v) is 9.42. The van der Waals surface area contributed by atoms with Crippen LogP contribution in [-0.4, -0.2) is 37.3 Å². The van der Waals surface area contributed by atoms with Gasteiger partial charge in [-0.2, -0.15) is 0 Å². The Morgan fingerprint density at radius 1 is 0.806 bits per heavy atom. The number of fused-ring (bicyclic) bond motifs is 1. The average molecular weight is 415 g/mol. The van der Waals surface area contributed by atoms with Crippen LogP contribution in [0, 0.1) is 0 Å². The smallest absolute Gasteiger partial charge is 0.338 e. The highest BCUT2D eigenvalue weighted by atomic mass is 16.5. The quantitative estimate of drug-likeness (QED) is 0.348. The van der Waals surface area contributed by atoms with E-state index in [2.05, 4.69) is 0 Å². The van der Waals surface area contributed by atoms with Gasteiger partial charge in [0.05, 0.1) is 29.5 Å². The minimum Gasteiger partial charge on any atom is -0.497 e. The molecule has 3 aromatic rings. The molecule has 7 nitrogen and oxygen atoms in total. The third-order valence-electron chi connectivity index (χ3n) is 4.88. The molecule has 4 rings (SSSR count). The number of ether oxygens (including phenoxy) is 2. The highest BCUT2D eigenvalue weighted by molar-refractivity contribution is 6.34. The number of esters is 1. The van der Waals surface area contributed by atoms with E-state index in [1.54, 1.807) is 54.6 Å². The highest BCUT2D eigenvalue weighted by Crippen LogP contribution is 2.29. The molecular weight excluding hydrogens is 398 g/mol. The third kappa shape index (κ3) is 3.81. The minimum atomic E-state index is -0.761. The van der Waals surface area contributed by atoms with Gasteiger partial charge in [0.1, 0.15) is 5.75 Å². The standard InChI is InChI=1S/C24H17NO6/c1-30-18-10-7-15(8-11-18)21(26)14-31-24(29)16-9-12-19-20(13-16)23(28)25(22(19)27)17-5-3-2-4-6-17/h2-13H,14H2,1H3. The molecule has 0 atom stereocenters. The molecule has 154 valence electrons. The van der Waals surface area contributed by atoms with E-state index in [4.69, 9.17) is 9.47 Å². The molecule has 2 amide bonds. The van der Waals surface area contributed by atoms with E-state index >= 15 is 0 Å². The second-order valence-corrected chi connectivity index (χ2v) is 6.77. The van der Waals surface area contributed by atoms with Gasteiger partial charge in [0.2, 0.25) is 0 Å². The highest BCUT2D eigenvalue weighted by Gasteiger charge is 2.37. The predicted molar refractivity (Wildman–Crippen MR) is 112 cm³/mol. The van der Waals surface area contributed by atoms with Gasteiger partial charge in [0.25, 0.3) is 11.8 Å². The van der Waals surface area contributed by atoms with Gasteiger partial charge in [0, 0.05) is 5.56 Å². The van der Waals surface area contributed by atoms with Gasteiger partial charge in [-0.1, -0.05) is 18.2 Å². The second kappa shape index (κ2) is 8.23. The normalized spacial score (nSPS) is 12.5. The number of imide groups is 1. The predicted octanol–water partition coefficient (Wildman–Crippen LogP) is 3.54. The monoisotopic (exact) mass is 415 g/mol. The Morgan fingerprint density at radius 2 is 1.45 bits per heavy atom. The van der Waals surface area contributed by atoms with Crippen LogP contribution in [0.3, 0.4) is 0 Å². The Kier molecular flexibility index (Phi) is 5.32. The maximum absolute atomic E-state index is 12.8. The summed E-state index contributed by atoms with van der Waals surface area (Å²) >= 11 is 0. The molecule has 3 aromatic carbocycles. The van der Waals surface area contributed by atoms with Gasteiger partial charge < -0.3 is 9.47 Å². The van der Waals surface area contributed by atoms with Gasteiger partial charge in [-0.05, 0) is 54.6 Å². The summed E-state index contributed by atoms with van der Waals surface area (Å²) in [6.07, 6.45) is 0. The van der Waals surface area contributed by atoms with Gasteiger partial charge in [-0.25, -0.2) is 9.69 Å². The number of carbonyl (C=O) groups is 4. The number of Topliss-reactive ketones (excluding diaryl/α,β-unsaturated/α-hetero) is 1. The molecule has 0 radical (unpaired) electrons. The van der Waals surface area contributed by atoms with Crippen LogP contribution in [0.4, 0.5) is 5.69 Å². The Bertz CT molecular complexity index is 1180. The summed E-state index contributed by atoms with van der Waals surface area (Å²) in [6, 6.07) is 19.1. The molecule has 0 aliphatic carbocycles. The van der Waals surface area contributed by atoms with Crippen LogP contribution < -0.4 is 9.64 Å². The third-order valence-corrected chi connectivity index (χ3v) is 4.88. The molecule has 0 saturated heterocycles. The van der Waals surface area contributed by atoms with Crippen molar-refractivity contribution < 1.29 is 28.7 Å². The zero-order chi connectivity index (χ0) is 22.0. The topological polar surface area (TPSA) is 90.0 Å². The summed E-state index contributed by atoms with van der Waals surface area (Å²) in [5.74, 6) is -1.51. The first kappa shape index (κ1) is 20.0. The number of methoxy groups -OCH3 is 1. The zero-order valence-corrected chi connectivity index (χ0v) is 16.5. The van der Waals surface area contributed by atoms with Gasteiger partial charge in [0.15, 0.2) is 12.4 Å². The molecule has 31 heavy (non-hydrogen) atoms. The van der Waals surface area contributed by atoms with Crippen LogP contribution in [0.5, 0.6) is 5.75 Å². The van der Waals surface area contributed by atoms with Crippen molar-refractivity contribution in [2.45, 2.75) is 0 Å². The van der Waals surface area contributed by atoms with Crippen LogP contribution in [0.15, 0.2) is 72.8 Å². The fourth-order valence-corrected chi connectivity index (χ4v) is 3.25. The molecule has 0 fully saturated rings. The van der Waals surface area contributed by atoms with Crippen molar-refractivity contribution in [2.75, 3.05) is 18.6 Å². The first-order chi connectivity index (χ1) is 15.0. The number of para-hydroxylation sites is 1. The summed E-state index contributed by atoms with van der Waals surface area (Å²) < 4.78 is 10.1. The number of hydrogen-bond donors (Lipinski definition) is 0. The Hall–Kier alpha value is -4.26. The molecule has 0 aromatic heterocycles. The van der Waals surface area contributed by atoms with E-state index in [0.29, 0.717) is 17.0 Å². The molecule has 0 saturated carbocycles. The van der Waals surface area contributed by atoms with Crippen LogP contribution in [0.2, 0.25) is 0 Å². The van der Waals surface area contributed by atoms with Crippen LogP contribution in [-0.2, 0) is 4.74 Å². The van der Waals surface area contributed by atoms with Crippen LogP contribution in [0.25, 0.3) is 0 Å². The first-order valence-electron chi connectivity index (χ1n) is 9.42. The van der Waals surface area contributed by atoms with Gasteiger partial charge in [-0.3, -0.25) is 14.4 Å². The average Bonchev–Trinajstić information content (AvgIpc) is 3.07. The van der Waals surface area contributed by atoms with E-state index in [1.165, 1.54) is 25.3 Å². The fraction of sp³-hybridized carbons (Fsp3) is 0.0833. The number of ketones is 1. The van der Waals surface area contributed by atoms with Crippen molar-refractivity contribution in [2.24, 2.45) is 0 Å².